The Balaban J connectivity index is 1.50. The molecule has 172 valence electrons. The molecular formula is C32H26O3. The Hall–Kier alpha value is -3.69. The van der Waals surface area contributed by atoms with Gasteiger partial charge in [-0.15, -0.1) is 0 Å². The molecule has 4 aromatic rings. The Morgan fingerprint density at radius 3 is 1.43 bits per heavy atom. The van der Waals surface area contributed by atoms with Crippen LogP contribution in [0, 0.1) is 0 Å². The van der Waals surface area contributed by atoms with Crippen molar-refractivity contribution >= 4 is 5.97 Å². The molecule has 0 aromatic heterocycles. The third-order valence-corrected chi connectivity index (χ3v) is 8.06. The number of hydrogen-bond donors (Lipinski definition) is 0. The van der Waals surface area contributed by atoms with Crippen LogP contribution in [0.2, 0.25) is 0 Å². The molecule has 3 nitrogen and oxygen atoms in total. The van der Waals surface area contributed by atoms with E-state index in [9.17, 15) is 4.79 Å². The maximum atomic E-state index is 12.0. The van der Waals surface area contributed by atoms with Crippen molar-refractivity contribution in [2.75, 3.05) is 6.61 Å². The zero-order valence-corrected chi connectivity index (χ0v) is 19.6. The topological polar surface area (TPSA) is 35.5 Å². The highest BCUT2D eigenvalue weighted by Crippen LogP contribution is 2.62. The van der Waals surface area contributed by atoms with Crippen molar-refractivity contribution in [3.63, 3.8) is 0 Å². The minimum absolute atomic E-state index is 0.0275. The van der Waals surface area contributed by atoms with Crippen LogP contribution in [0.4, 0.5) is 0 Å². The smallest absolute Gasteiger partial charge is 0.302 e. The first-order chi connectivity index (χ1) is 17.2. The van der Waals surface area contributed by atoms with Gasteiger partial charge >= 0.3 is 5.97 Å². The highest BCUT2D eigenvalue weighted by molar-refractivity contribution is 5.83. The third kappa shape index (κ3) is 2.91. The number of ether oxygens (including phenoxy) is 2. The fourth-order valence-corrected chi connectivity index (χ4v) is 6.97. The summed E-state index contributed by atoms with van der Waals surface area (Å²) >= 11 is 0. The van der Waals surface area contributed by atoms with E-state index in [1.807, 2.05) is 0 Å². The van der Waals surface area contributed by atoms with E-state index in [1.54, 1.807) is 0 Å². The van der Waals surface area contributed by atoms with Crippen LogP contribution >= 0.6 is 0 Å². The number of carbonyl (C=O) groups is 1. The molecule has 3 heteroatoms. The summed E-state index contributed by atoms with van der Waals surface area (Å²) in [6, 6.07) is 34.8. The first-order valence-corrected chi connectivity index (χ1v) is 12.3. The first-order valence-electron chi connectivity index (χ1n) is 12.3. The van der Waals surface area contributed by atoms with Gasteiger partial charge in [0.2, 0.25) is 0 Å². The molecule has 1 fully saturated rings. The summed E-state index contributed by atoms with van der Waals surface area (Å²) < 4.78 is 12.7. The van der Waals surface area contributed by atoms with Gasteiger partial charge in [0, 0.05) is 25.2 Å². The lowest BCUT2D eigenvalue weighted by molar-refractivity contribution is -0.146. The van der Waals surface area contributed by atoms with E-state index in [0.717, 1.165) is 0 Å². The van der Waals surface area contributed by atoms with E-state index in [-0.39, 0.29) is 23.9 Å². The Labute approximate surface area is 205 Å². The van der Waals surface area contributed by atoms with Gasteiger partial charge in [0.1, 0.15) is 6.10 Å². The van der Waals surface area contributed by atoms with E-state index in [2.05, 4.69) is 97.1 Å². The van der Waals surface area contributed by atoms with Crippen molar-refractivity contribution in [1.29, 1.82) is 0 Å². The number of benzene rings is 4. The summed E-state index contributed by atoms with van der Waals surface area (Å²) in [6.07, 6.45) is 0.375. The predicted octanol–water partition coefficient (Wildman–Crippen LogP) is 6.70. The minimum Gasteiger partial charge on any atom is -0.460 e. The average molecular weight is 459 g/mol. The standard InChI is InChI=1S/C32H26O3/c1-20(33)35-21-18-32(34-19-21,30-26-14-6-2-10-22(26)23-11-3-7-15-27(23)30)31-28-16-8-4-12-24(28)25-13-5-9-17-29(25)31/h2-17,21,30-31H,18-19H2,1H3. The minimum atomic E-state index is -0.592. The van der Waals surface area contributed by atoms with Gasteiger partial charge in [-0.2, -0.15) is 0 Å². The molecular weight excluding hydrogens is 432 g/mol. The molecule has 3 aliphatic rings. The Morgan fingerprint density at radius 2 is 1.06 bits per heavy atom. The fraction of sp³-hybridized carbons (Fsp3) is 0.219. The molecule has 1 saturated heterocycles. The van der Waals surface area contributed by atoms with Crippen LogP contribution in [0.5, 0.6) is 0 Å². The zero-order chi connectivity index (χ0) is 23.6. The predicted molar refractivity (Wildman–Crippen MR) is 136 cm³/mol. The Bertz CT molecular complexity index is 1280. The van der Waals surface area contributed by atoms with E-state index in [0.29, 0.717) is 13.0 Å². The number of hydrogen-bond acceptors (Lipinski definition) is 3. The van der Waals surface area contributed by atoms with E-state index in [1.165, 1.54) is 51.4 Å². The molecule has 1 unspecified atom stereocenters. The number of rotatable bonds is 3. The highest BCUT2D eigenvalue weighted by Gasteiger charge is 2.58. The maximum Gasteiger partial charge on any atom is 0.302 e. The second-order valence-electron chi connectivity index (χ2n) is 9.92. The fourth-order valence-electron chi connectivity index (χ4n) is 6.97. The highest BCUT2D eigenvalue weighted by atomic mass is 16.6. The summed E-state index contributed by atoms with van der Waals surface area (Å²) in [5.74, 6) is -0.201. The van der Waals surface area contributed by atoms with Gasteiger partial charge in [0.05, 0.1) is 12.2 Å². The monoisotopic (exact) mass is 458 g/mol. The van der Waals surface area contributed by atoms with Gasteiger partial charge in [-0.1, -0.05) is 97.1 Å². The molecule has 7 rings (SSSR count). The zero-order valence-electron chi connectivity index (χ0n) is 19.6. The maximum absolute atomic E-state index is 12.0. The van der Waals surface area contributed by atoms with Crippen molar-refractivity contribution in [3.8, 4) is 22.3 Å². The van der Waals surface area contributed by atoms with Crippen molar-refractivity contribution in [1.82, 2.24) is 0 Å². The molecule has 1 aliphatic heterocycles. The summed E-state index contributed by atoms with van der Waals surface area (Å²) in [7, 11) is 0. The average Bonchev–Trinajstić information content (AvgIpc) is 3.54. The van der Waals surface area contributed by atoms with Crippen LogP contribution in [0.1, 0.15) is 47.4 Å². The molecule has 0 amide bonds. The lowest BCUT2D eigenvalue weighted by Gasteiger charge is -2.42. The van der Waals surface area contributed by atoms with Crippen LogP contribution in [0.15, 0.2) is 97.1 Å². The molecule has 0 saturated carbocycles. The van der Waals surface area contributed by atoms with Crippen molar-refractivity contribution in [2.45, 2.75) is 36.9 Å². The van der Waals surface area contributed by atoms with Gasteiger partial charge in [0.15, 0.2) is 0 Å². The first kappa shape index (κ1) is 20.7. The molecule has 0 N–H and O–H groups in total. The van der Waals surface area contributed by atoms with Crippen LogP contribution in [-0.2, 0) is 14.3 Å². The van der Waals surface area contributed by atoms with Crippen LogP contribution < -0.4 is 0 Å². The van der Waals surface area contributed by atoms with Crippen molar-refractivity contribution < 1.29 is 14.3 Å². The molecule has 0 radical (unpaired) electrons. The van der Waals surface area contributed by atoms with E-state index >= 15 is 0 Å². The van der Waals surface area contributed by atoms with Gasteiger partial charge in [0.25, 0.3) is 0 Å². The van der Waals surface area contributed by atoms with E-state index in [4.69, 9.17) is 9.47 Å². The summed E-state index contributed by atoms with van der Waals surface area (Å²) in [4.78, 5) is 12.0. The van der Waals surface area contributed by atoms with Crippen molar-refractivity contribution in [2.24, 2.45) is 0 Å². The van der Waals surface area contributed by atoms with Gasteiger partial charge in [-0.25, -0.2) is 0 Å². The number of esters is 1. The molecule has 1 heterocycles. The van der Waals surface area contributed by atoms with Crippen LogP contribution in [0.3, 0.4) is 0 Å². The Kier molecular flexibility index (Phi) is 4.52. The molecule has 0 spiro atoms. The molecule has 35 heavy (non-hydrogen) atoms. The lowest BCUT2D eigenvalue weighted by atomic mass is 9.67. The number of carbonyl (C=O) groups excluding carboxylic acids is 1. The quantitative estimate of drug-likeness (QED) is 0.320. The second kappa shape index (κ2) is 7.66. The summed E-state index contributed by atoms with van der Waals surface area (Å²) in [5.41, 5.74) is 9.65. The van der Waals surface area contributed by atoms with Crippen LogP contribution in [0.25, 0.3) is 22.3 Å². The summed E-state index contributed by atoms with van der Waals surface area (Å²) in [5, 5.41) is 0. The molecule has 4 aromatic carbocycles. The normalized spacial score (nSPS) is 19.6. The second-order valence-corrected chi connectivity index (χ2v) is 9.92. The largest absolute Gasteiger partial charge is 0.460 e. The van der Waals surface area contributed by atoms with Gasteiger partial charge in [-0.3, -0.25) is 4.79 Å². The van der Waals surface area contributed by atoms with E-state index < -0.39 is 5.60 Å². The third-order valence-electron chi connectivity index (χ3n) is 8.06. The lowest BCUT2D eigenvalue weighted by Crippen LogP contribution is -2.42. The molecule has 2 aliphatic carbocycles. The summed E-state index contributed by atoms with van der Waals surface area (Å²) in [6.45, 7) is 1.89. The van der Waals surface area contributed by atoms with Crippen LogP contribution in [-0.4, -0.2) is 24.3 Å². The number of fused-ring (bicyclic) bond motifs is 6. The van der Waals surface area contributed by atoms with Crippen molar-refractivity contribution in [3.05, 3.63) is 119 Å². The van der Waals surface area contributed by atoms with Gasteiger partial charge < -0.3 is 9.47 Å². The SMILES string of the molecule is CC(=O)OC1COC(C2c3ccccc3-c3ccccc32)(C2c3ccccc3-c3ccccc32)C1. The van der Waals surface area contributed by atoms with Gasteiger partial charge in [-0.05, 0) is 44.5 Å². The molecule has 1 atom stereocenters. The molecule has 0 bridgehead atoms. The Morgan fingerprint density at radius 1 is 0.686 bits per heavy atom.